The molecule has 0 aliphatic heterocycles. The van der Waals surface area contributed by atoms with Crippen molar-refractivity contribution in [2.45, 2.75) is 11.8 Å². The Labute approximate surface area is 151 Å². The van der Waals surface area contributed by atoms with Crippen LogP contribution in [0, 0.1) is 0 Å². The number of nitrogens with zero attached hydrogens (tertiary/aromatic N) is 2. The highest BCUT2D eigenvalue weighted by Gasteiger charge is 2.17. The van der Waals surface area contributed by atoms with Crippen LogP contribution in [0.3, 0.4) is 0 Å². The van der Waals surface area contributed by atoms with Crippen LogP contribution < -0.4 is 19.5 Å². The number of hydrogen-bond acceptors (Lipinski definition) is 7. The summed E-state index contributed by atoms with van der Waals surface area (Å²) in [7, 11) is -1.17. The fourth-order valence-electron chi connectivity index (χ4n) is 1.80. The Bertz CT molecular complexity index is 904. The van der Waals surface area contributed by atoms with E-state index in [9.17, 15) is 13.2 Å². The molecule has 10 heteroatoms. The van der Waals surface area contributed by atoms with Crippen LogP contribution >= 0.6 is 0 Å². The molecule has 0 aliphatic carbocycles. The van der Waals surface area contributed by atoms with E-state index in [4.69, 9.17) is 9.47 Å². The SMILES string of the molecule is C=C(C)C(=O)Nc1ccc(S(=O)(=O)Nc2cc(OC)nc(OC)n2)cc1. The number of carbonyl (C=O) groups is 1. The van der Waals surface area contributed by atoms with Gasteiger partial charge in [-0.05, 0) is 31.2 Å². The molecular weight excluding hydrogens is 360 g/mol. The zero-order valence-corrected chi connectivity index (χ0v) is 15.3. The molecule has 0 atom stereocenters. The lowest BCUT2D eigenvalue weighted by molar-refractivity contribution is -0.112. The number of ether oxygens (including phenoxy) is 2. The lowest BCUT2D eigenvalue weighted by Gasteiger charge is -2.10. The molecular formula is C16H18N4O5S. The van der Waals surface area contributed by atoms with Gasteiger partial charge in [0, 0.05) is 17.3 Å². The van der Waals surface area contributed by atoms with Crippen LogP contribution in [0.4, 0.5) is 11.5 Å². The number of aromatic nitrogens is 2. The predicted octanol–water partition coefficient (Wildman–Crippen LogP) is 1.81. The van der Waals surface area contributed by atoms with Crippen LogP contribution in [0.2, 0.25) is 0 Å². The van der Waals surface area contributed by atoms with E-state index in [1.807, 2.05) is 0 Å². The smallest absolute Gasteiger partial charge is 0.321 e. The Morgan fingerprint density at radius 3 is 2.31 bits per heavy atom. The van der Waals surface area contributed by atoms with Gasteiger partial charge in [0.15, 0.2) is 5.82 Å². The summed E-state index contributed by atoms with van der Waals surface area (Å²) < 4.78 is 37.2. The molecule has 1 aromatic carbocycles. The van der Waals surface area contributed by atoms with Crippen molar-refractivity contribution in [1.29, 1.82) is 0 Å². The second-order valence-electron chi connectivity index (χ2n) is 5.15. The van der Waals surface area contributed by atoms with Crippen LogP contribution in [-0.2, 0) is 14.8 Å². The Hall–Kier alpha value is -3.14. The number of anilines is 2. The number of sulfonamides is 1. The quantitative estimate of drug-likeness (QED) is 0.705. The van der Waals surface area contributed by atoms with Gasteiger partial charge >= 0.3 is 6.01 Å². The van der Waals surface area contributed by atoms with E-state index < -0.39 is 10.0 Å². The molecule has 0 aliphatic rings. The number of amides is 1. The Morgan fingerprint density at radius 2 is 1.77 bits per heavy atom. The summed E-state index contributed by atoms with van der Waals surface area (Å²) in [6.07, 6.45) is 0. The number of benzene rings is 1. The predicted molar refractivity (Wildman–Crippen MR) is 95.8 cm³/mol. The molecule has 2 N–H and O–H groups in total. The normalized spacial score (nSPS) is 10.7. The van der Waals surface area contributed by atoms with Gasteiger partial charge in [-0.25, -0.2) is 8.42 Å². The first kappa shape index (κ1) is 19.2. The molecule has 0 fully saturated rings. The molecule has 2 aromatic rings. The van der Waals surface area contributed by atoms with Gasteiger partial charge in [0.05, 0.1) is 19.1 Å². The first-order chi connectivity index (χ1) is 12.2. The Balaban J connectivity index is 2.22. The van der Waals surface area contributed by atoms with Crippen LogP contribution in [0.25, 0.3) is 0 Å². The van der Waals surface area contributed by atoms with Crippen molar-refractivity contribution in [3.63, 3.8) is 0 Å². The molecule has 1 amide bonds. The van der Waals surface area contributed by atoms with Gasteiger partial charge in [0.1, 0.15) is 0 Å². The molecule has 0 saturated heterocycles. The van der Waals surface area contributed by atoms with Crippen molar-refractivity contribution < 1.29 is 22.7 Å². The third-order valence-electron chi connectivity index (χ3n) is 3.12. The van der Waals surface area contributed by atoms with Gasteiger partial charge in [-0.2, -0.15) is 9.97 Å². The van der Waals surface area contributed by atoms with Crippen molar-refractivity contribution in [2.24, 2.45) is 0 Å². The van der Waals surface area contributed by atoms with E-state index in [-0.39, 0.29) is 28.5 Å². The molecule has 0 unspecified atom stereocenters. The number of methoxy groups -OCH3 is 2. The third kappa shape index (κ3) is 4.70. The number of nitrogens with one attached hydrogen (secondary N) is 2. The van der Waals surface area contributed by atoms with Gasteiger partial charge in [-0.15, -0.1) is 0 Å². The molecule has 0 saturated carbocycles. The minimum absolute atomic E-state index is 0.00615. The van der Waals surface area contributed by atoms with Crippen molar-refractivity contribution in [1.82, 2.24) is 9.97 Å². The van der Waals surface area contributed by atoms with Crippen LogP contribution in [0.5, 0.6) is 11.9 Å². The van der Waals surface area contributed by atoms with Gasteiger partial charge in [-0.3, -0.25) is 9.52 Å². The summed E-state index contributed by atoms with van der Waals surface area (Å²) in [5, 5.41) is 2.59. The maximum atomic E-state index is 12.5. The molecule has 1 aromatic heterocycles. The fraction of sp³-hybridized carbons (Fsp3) is 0.188. The summed E-state index contributed by atoms with van der Waals surface area (Å²) >= 11 is 0. The second-order valence-corrected chi connectivity index (χ2v) is 6.83. The molecule has 0 spiro atoms. The zero-order valence-electron chi connectivity index (χ0n) is 14.4. The molecule has 1 heterocycles. The fourth-order valence-corrected chi connectivity index (χ4v) is 2.80. The summed E-state index contributed by atoms with van der Waals surface area (Å²) in [4.78, 5) is 19.4. The maximum Gasteiger partial charge on any atom is 0.321 e. The Kier molecular flexibility index (Phi) is 5.78. The van der Waals surface area contributed by atoms with Crippen LogP contribution in [-0.4, -0.2) is 38.5 Å². The van der Waals surface area contributed by atoms with Crippen molar-refractivity contribution in [3.05, 3.63) is 42.5 Å². The molecule has 0 radical (unpaired) electrons. The van der Waals surface area contributed by atoms with Crippen molar-refractivity contribution in [2.75, 3.05) is 24.3 Å². The maximum absolute atomic E-state index is 12.5. The molecule has 0 bridgehead atoms. The first-order valence-corrected chi connectivity index (χ1v) is 8.80. The first-order valence-electron chi connectivity index (χ1n) is 7.32. The number of rotatable bonds is 7. The molecule has 26 heavy (non-hydrogen) atoms. The van der Waals surface area contributed by atoms with E-state index in [1.165, 1.54) is 44.6 Å². The van der Waals surface area contributed by atoms with Gasteiger partial charge in [0.25, 0.3) is 15.9 Å². The lowest BCUT2D eigenvalue weighted by atomic mass is 10.3. The van der Waals surface area contributed by atoms with E-state index in [2.05, 4.69) is 26.6 Å². The topological polar surface area (TPSA) is 120 Å². The van der Waals surface area contributed by atoms with Gasteiger partial charge in [0.2, 0.25) is 5.88 Å². The summed E-state index contributed by atoms with van der Waals surface area (Å²) in [5.41, 5.74) is 0.789. The van der Waals surface area contributed by atoms with E-state index >= 15 is 0 Å². The minimum Gasteiger partial charge on any atom is -0.481 e. The highest BCUT2D eigenvalue weighted by atomic mass is 32.2. The molecule has 9 nitrogen and oxygen atoms in total. The zero-order chi connectivity index (χ0) is 19.3. The lowest BCUT2D eigenvalue weighted by Crippen LogP contribution is -2.15. The number of carbonyl (C=O) groups excluding carboxylic acids is 1. The average molecular weight is 378 g/mol. The third-order valence-corrected chi connectivity index (χ3v) is 4.49. The summed E-state index contributed by atoms with van der Waals surface area (Å²) in [5.74, 6) is -0.209. The van der Waals surface area contributed by atoms with Crippen LogP contribution in [0.1, 0.15) is 6.92 Å². The van der Waals surface area contributed by atoms with Crippen molar-refractivity contribution in [3.8, 4) is 11.9 Å². The number of hydrogen-bond donors (Lipinski definition) is 2. The highest BCUT2D eigenvalue weighted by molar-refractivity contribution is 7.92. The highest BCUT2D eigenvalue weighted by Crippen LogP contribution is 2.21. The Morgan fingerprint density at radius 1 is 1.12 bits per heavy atom. The van der Waals surface area contributed by atoms with E-state index in [0.717, 1.165) is 0 Å². The standard InChI is InChI=1S/C16H18N4O5S/c1-10(2)15(21)17-11-5-7-12(8-6-11)26(22,23)20-13-9-14(24-3)19-16(18-13)25-4/h5-9H,1H2,2-4H3,(H,17,21)(H,18,19,20). The summed E-state index contributed by atoms with van der Waals surface area (Å²) in [6, 6.07) is 6.92. The molecule has 138 valence electrons. The average Bonchev–Trinajstić information content (AvgIpc) is 2.61. The molecule has 2 rings (SSSR count). The summed E-state index contributed by atoms with van der Waals surface area (Å²) in [6.45, 7) is 5.10. The largest absolute Gasteiger partial charge is 0.481 e. The van der Waals surface area contributed by atoms with E-state index in [0.29, 0.717) is 11.3 Å². The van der Waals surface area contributed by atoms with Crippen molar-refractivity contribution >= 4 is 27.4 Å². The van der Waals surface area contributed by atoms with Gasteiger partial charge < -0.3 is 14.8 Å². The van der Waals surface area contributed by atoms with Gasteiger partial charge in [-0.1, -0.05) is 6.58 Å². The second kappa shape index (κ2) is 7.83. The monoisotopic (exact) mass is 378 g/mol. The minimum atomic E-state index is -3.91. The van der Waals surface area contributed by atoms with Crippen LogP contribution in [0.15, 0.2) is 47.4 Å². The van der Waals surface area contributed by atoms with E-state index in [1.54, 1.807) is 6.92 Å².